The van der Waals surface area contributed by atoms with Gasteiger partial charge in [-0.1, -0.05) is 30.3 Å². The molecule has 118 valence electrons. The second-order valence-corrected chi connectivity index (χ2v) is 5.39. The number of hydrogen-bond acceptors (Lipinski definition) is 3. The summed E-state index contributed by atoms with van der Waals surface area (Å²) in [4.78, 5) is 26.2. The lowest BCUT2D eigenvalue weighted by atomic mass is 10.2. The van der Waals surface area contributed by atoms with Crippen LogP contribution in [0.1, 0.15) is 28.9 Å². The SMILES string of the molecule is O=C(/C=C/c1ccccc1)Nc1cn[nH]c1C(=O)N1CCCC1. The molecule has 2 heterocycles. The predicted octanol–water partition coefficient (Wildman–Crippen LogP) is 2.30. The summed E-state index contributed by atoms with van der Waals surface area (Å²) in [5, 5.41) is 9.25. The van der Waals surface area contributed by atoms with E-state index in [2.05, 4.69) is 15.5 Å². The van der Waals surface area contributed by atoms with Crippen LogP contribution in [0.15, 0.2) is 42.6 Å². The molecule has 1 fully saturated rings. The number of benzene rings is 1. The minimum absolute atomic E-state index is 0.123. The van der Waals surface area contributed by atoms with E-state index >= 15 is 0 Å². The van der Waals surface area contributed by atoms with E-state index in [1.807, 2.05) is 30.3 Å². The molecule has 0 spiro atoms. The van der Waals surface area contributed by atoms with Crippen LogP contribution in [0, 0.1) is 0 Å². The summed E-state index contributed by atoms with van der Waals surface area (Å²) in [5.41, 5.74) is 1.67. The second kappa shape index (κ2) is 6.91. The van der Waals surface area contributed by atoms with E-state index < -0.39 is 0 Å². The highest BCUT2D eigenvalue weighted by atomic mass is 16.2. The molecular formula is C17H18N4O2. The summed E-state index contributed by atoms with van der Waals surface area (Å²) in [5.74, 6) is -0.423. The van der Waals surface area contributed by atoms with Crippen molar-refractivity contribution in [3.8, 4) is 0 Å². The molecule has 3 rings (SSSR count). The Labute approximate surface area is 134 Å². The van der Waals surface area contributed by atoms with Crippen molar-refractivity contribution in [1.29, 1.82) is 0 Å². The van der Waals surface area contributed by atoms with Crippen molar-refractivity contribution in [3.63, 3.8) is 0 Å². The third-order valence-electron chi connectivity index (χ3n) is 3.73. The van der Waals surface area contributed by atoms with Gasteiger partial charge in [-0.3, -0.25) is 14.7 Å². The van der Waals surface area contributed by atoms with Gasteiger partial charge in [0.1, 0.15) is 5.69 Å². The monoisotopic (exact) mass is 310 g/mol. The second-order valence-electron chi connectivity index (χ2n) is 5.39. The van der Waals surface area contributed by atoms with E-state index in [1.54, 1.807) is 11.0 Å². The van der Waals surface area contributed by atoms with Crippen LogP contribution in [0.2, 0.25) is 0 Å². The van der Waals surface area contributed by atoms with E-state index in [-0.39, 0.29) is 11.8 Å². The molecule has 6 heteroatoms. The highest BCUT2D eigenvalue weighted by Gasteiger charge is 2.23. The van der Waals surface area contributed by atoms with Crippen molar-refractivity contribution in [3.05, 3.63) is 53.9 Å². The number of anilines is 1. The molecule has 0 unspecified atom stereocenters. The summed E-state index contributed by atoms with van der Waals surface area (Å²) in [6, 6.07) is 9.54. The van der Waals surface area contributed by atoms with E-state index in [0.717, 1.165) is 31.5 Å². The van der Waals surface area contributed by atoms with Gasteiger partial charge in [-0.05, 0) is 24.5 Å². The number of hydrogen-bond donors (Lipinski definition) is 2. The third-order valence-corrected chi connectivity index (χ3v) is 3.73. The number of nitrogens with zero attached hydrogens (tertiary/aromatic N) is 2. The molecule has 2 amide bonds. The molecule has 1 saturated heterocycles. The first-order valence-corrected chi connectivity index (χ1v) is 7.61. The quantitative estimate of drug-likeness (QED) is 0.851. The Kier molecular flexibility index (Phi) is 4.52. The van der Waals surface area contributed by atoms with Crippen LogP contribution in [0.5, 0.6) is 0 Å². The van der Waals surface area contributed by atoms with Crippen molar-refractivity contribution in [1.82, 2.24) is 15.1 Å². The van der Waals surface area contributed by atoms with Gasteiger partial charge in [0, 0.05) is 19.2 Å². The van der Waals surface area contributed by atoms with Gasteiger partial charge in [0.2, 0.25) is 5.91 Å². The third kappa shape index (κ3) is 3.66. The molecule has 0 radical (unpaired) electrons. The average Bonchev–Trinajstić information content (AvgIpc) is 3.25. The van der Waals surface area contributed by atoms with Crippen LogP contribution in [0.25, 0.3) is 6.08 Å². The van der Waals surface area contributed by atoms with Gasteiger partial charge in [0.05, 0.1) is 11.9 Å². The number of likely N-dealkylation sites (tertiary alicyclic amines) is 1. The number of amides is 2. The molecule has 0 bridgehead atoms. The number of rotatable bonds is 4. The minimum atomic E-state index is -0.300. The average molecular weight is 310 g/mol. The molecule has 1 aromatic heterocycles. The number of H-pyrrole nitrogens is 1. The first kappa shape index (κ1) is 15.0. The number of aromatic nitrogens is 2. The largest absolute Gasteiger partial charge is 0.337 e. The van der Waals surface area contributed by atoms with E-state index in [4.69, 9.17) is 0 Å². The van der Waals surface area contributed by atoms with Crippen LogP contribution in [0.3, 0.4) is 0 Å². The fraction of sp³-hybridized carbons (Fsp3) is 0.235. The van der Waals surface area contributed by atoms with E-state index in [0.29, 0.717) is 11.4 Å². The zero-order valence-corrected chi connectivity index (χ0v) is 12.7. The van der Waals surface area contributed by atoms with Gasteiger partial charge in [-0.15, -0.1) is 0 Å². The maximum absolute atomic E-state index is 12.4. The van der Waals surface area contributed by atoms with Gasteiger partial charge >= 0.3 is 0 Å². The Hall–Kier alpha value is -2.89. The van der Waals surface area contributed by atoms with E-state index in [9.17, 15) is 9.59 Å². The molecule has 0 aliphatic carbocycles. The molecule has 23 heavy (non-hydrogen) atoms. The number of carbonyl (C=O) groups is 2. The summed E-state index contributed by atoms with van der Waals surface area (Å²) < 4.78 is 0. The molecule has 0 saturated carbocycles. The summed E-state index contributed by atoms with van der Waals surface area (Å²) in [6.45, 7) is 1.50. The van der Waals surface area contributed by atoms with Crippen molar-refractivity contribution in [2.24, 2.45) is 0 Å². The number of aromatic amines is 1. The lowest BCUT2D eigenvalue weighted by molar-refractivity contribution is -0.111. The molecule has 2 aromatic rings. The van der Waals surface area contributed by atoms with Crippen LogP contribution in [0.4, 0.5) is 5.69 Å². The van der Waals surface area contributed by atoms with Gasteiger partial charge in [-0.25, -0.2) is 0 Å². The molecule has 1 aliphatic heterocycles. The molecule has 2 N–H and O–H groups in total. The molecule has 0 atom stereocenters. The number of nitrogens with one attached hydrogen (secondary N) is 2. The van der Waals surface area contributed by atoms with Crippen molar-refractivity contribution in [2.75, 3.05) is 18.4 Å². The predicted molar refractivity (Wildman–Crippen MR) is 87.8 cm³/mol. The summed E-state index contributed by atoms with van der Waals surface area (Å²) >= 11 is 0. The normalized spacial score (nSPS) is 14.3. The Morgan fingerprint density at radius 2 is 1.91 bits per heavy atom. The van der Waals surface area contributed by atoms with E-state index in [1.165, 1.54) is 12.3 Å². The molecule has 1 aromatic carbocycles. The van der Waals surface area contributed by atoms with Crippen LogP contribution >= 0.6 is 0 Å². The molecule has 1 aliphatic rings. The molecular weight excluding hydrogens is 292 g/mol. The fourth-order valence-corrected chi connectivity index (χ4v) is 2.53. The standard InChI is InChI=1S/C17H18N4O2/c22-15(9-8-13-6-2-1-3-7-13)19-14-12-18-20-16(14)17(23)21-10-4-5-11-21/h1-3,6-9,12H,4-5,10-11H2,(H,18,20)(H,19,22)/b9-8+. The Balaban J connectivity index is 1.66. The Morgan fingerprint density at radius 3 is 2.65 bits per heavy atom. The summed E-state index contributed by atoms with van der Waals surface area (Å²) in [6.07, 6.45) is 6.64. The maximum atomic E-state index is 12.4. The lowest BCUT2D eigenvalue weighted by Crippen LogP contribution is -2.28. The van der Waals surface area contributed by atoms with Crippen LogP contribution < -0.4 is 5.32 Å². The van der Waals surface area contributed by atoms with Gasteiger partial charge in [-0.2, -0.15) is 5.10 Å². The van der Waals surface area contributed by atoms with Gasteiger partial charge in [0.15, 0.2) is 0 Å². The lowest BCUT2D eigenvalue weighted by Gasteiger charge is -2.14. The zero-order chi connectivity index (χ0) is 16.1. The maximum Gasteiger partial charge on any atom is 0.274 e. The zero-order valence-electron chi connectivity index (χ0n) is 12.7. The Morgan fingerprint density at radius 1 is 1.17 bits per heavy atom. The Bertz CT molecular complexity index is 715. The van der Waals surface area contributed by atoms with Gasteiger partial charge < -0.3 is 10.2 Å². The first-order chi connectivity index (χ1) is 11.2. The fourth-order valence-electron chi connectivity index (χ4n) is 2.53. The minimum Gasteiger partial charge on any atom is -0.337 e. The van der Waals surface area contributed by atoms with Crippen molar-refractivity contribution in [2.45, 2.75) is 12.8 Å². The highest BCUT2D eigenvalue weighted by molar-refractivity contribution is 6.06. The van der Waals surface area contributed by atoms with Gasteiger partial charge in [0.25, 0.3) is 5.91 Å². The first-order valence-electron chi connectivity index (χ1n) is 7.61. The smallest absolute Gasteiger partial charge is 0.274 e. The van der Waals surface area contributed by atoms with Crippen molar-refractivity contribution >= 4 is 23.6 Å². The van der Waals surface area contributed by atoms with Crippen molar-refractivity contribution < 1.29 is 9.59 Å². The highest BCUT2D eigenvalue weighted by Crippen LogP contribution is 2.17. The number of carbonyl (C=O) groups excluding carboxylic acids is 2. The topological polar surface area (TPSA) is 78.1 Å². The molecule has 6 nitrogen and oxygen atoms in total. The summed E-state index contributed by atoms with van der Waals surface area (Å²) in [7, 11) is 0. The van der Waals surface area contributed by atoms with Crippen LogP contribution in [-0.4, -0.2) is 40.0 Å². The van der Waals surface area contributed by atoms with Crippen LogP contribution in [-0.2, 0) is 4.79 Å².